The van der Waals surface area contributed by atoms with Crippen molar-refractivity contribution in [1.82, 2.24) is 15.8 Å². The van der Waals surface area contributed by atoms with Crippen molar-refractivity contribution in [2.24, 2.45) is 0 Å². The molecule has 0 bridgehead atoms. The Morgan fingerprint density at radius 3 is 2.21 bits per heavy atom. The third-order valence-corrected chi connectivity index (χ3v) is 4.44. The number of amides is 4. The highest BCUT2D eigenvalue weighted by Crippen LogP contribution is 2.20. The van der Waals surface area contributed by atoms with Gasteiger partial charge in [-0.05, 0) is 51.5 Å². The largest absolute Gasteiger partial charge is 0.372 e. The summed E-state index contributed by atoms with van der Waals surface area (Å²) in [5, 5.41) is 3.35. The van der Waals surface area contributed by atoms with Crippen LogP contribution in [0.1, 0.15) is 44.5 Å². The fourth-order valence-electron chi connectivity index (χ4n) is 2.60. The third-order valence-electron chi connectivity index (χ3n) is 4.44. The molecule has 0 spiro atoms. The number of carbonyl (C=O) groups excluding carboxylic acids is 3. The minimum atomic E-state index is -0.975. The van der Waals surface area contributed by atoms with Crippen LogP contribution in [0.4, 0.5) is 10.5 Å². The van der Waals surface area contributed by atoms with Gasteiger partial charge in [-0.15, -0.1) is 0 Å². The first-order chi connectivity index (χ1) is 11.4. The minimum Gasteiger partial charge on any atom is -0.372 e. The maximum Gasteiger partial charge on any atom is 0.344 e. The van der Waals surface area contributed by atoms with Crippen molar-refractivity contribution < 1.29 is 14.4 Å². The number of urea groups is 1. The summed E-state index contributed by atoms with van der Waals surface area (Å²) in [7, 11) is 0. The van der Waals surface area contributed by atoms with E-state index in [-0.39, 0.29) is 0 Å². The SMILES string of the molecule is CCN(CC)c1ccc(C(=O)NN2C(=O)N[C@](C)(CC)C2=O)cc1. The number of nitrogens with zero attached hydrogens (tertiary/aromatic N) is 2. The van der Waals surface area contributed by atoms with Gasteiger partial charge in [-0.1, -0.05) is 6.92 Å². The van der Waals surface area contributed by atoms with E-state index < -0.39 is 23.4 Å². The van der Waals surface area contributed by atoms with E-state index in [2.05, 4.69) is 29.5 Å². The summed E-state index contributed by atoms with van der Waals surface area (Å²) in [6.45, 7) is 9.31. The number of hydrogen-bond donors (Lipinski definition) is 2. The first-order valence-electron chi connectivity index (χ1n) is 8.19. The van der Waals surface area contributed by atoms with Crippen LogP contribution in [0.2, 0.25) is 0 Å². The molecule has 0 aliphatic carbocycles. The lowest BCUT2D eigenvalue weighted by atomic mass is 10.00. The van der Waals surface area contributed by atoms with E-state index in [1.807, 2.05) is 12.1 Å². The summed E-state index contributed by atoms with van der Waals surface area (Å²) in [6, 6.07) is 6.45. The number of nitrogens with one attached hydrogen (secondary N) is 2. The highest BCUT2D eigenvalue weighted by atomic mass is 16.2. The zero-order valence-corrected chi connectivity index (χ0v) is 14.5. The number of hydrazine groups is 1. The monoisotopic (exact) mass is 332 g/mol. The standard InChI is InChI=1S/C17H24N4O3/c1-5-17(4)15(23)21(16(24)18-17)19-14(22)12-8-10-13(11-9-12)20(6-2)7-3/h8-11H,5-7H2,1-4H3,(H,18,24)(H,19,22)/t17-/m1/s1. The van der Waals surface area contributed by atoms with Gasteiger partial charge in [-0.2, -0.15) is 5.01 Å². The molecule has 1 aromatic rings. The molecule has 130 valence electrons. The van der Waals surface area contributed by atoms with Crippen LogP contribution >= 0.6 is 0 Å². The fourth-order valence-corrected chi connectivity index (χ4v) is 2.60. The summed E-state index contributed by atoms with van der Waals surface area (Å²) < 4.78 is 0. The lowest BCUT2D eigenvalue weighted by molar-refractivity contribution is -0.132. The Labute approximate surface area is 142 Å². The molecule has 24 heavy (non-hydrogen) atoms. The second kappa shape index (κ2) is 6.90. The van der Waals surface area contributed by atoms with E-state index in [1.54, 1.807) is 26.0 Å². The van der Waals surface area contributed by atoms with Crippen molar-refractivity contribution in [2.75, 3.05) is 18.0 Å². The second-order valence-corrected chi connectivity index (χ2v) is 5.92. The van der Waals surface area contributed by atoms with Gasteiger partial charge >= 0.3 is 6.03 Å². The van der Waals surface area contributed by atoms with E-state index in [9.17, 15) is 14.4 Å². The quantitative estimate of drug-likeness (QED) is 0.780. The first-order valence-corrected chi connectivity index (χ1v) is 8.19. The number of rotatable bonds is 6. The average molecular weight is 332 g/mol. The molecule has 1 heterocycles. The number of hydrogen-bond acceptors (Lipinski definition) is 4. The zero-order chi connectivity index (χ0) is 17.9. The summed E-state index contributed by atoms with van der Waals surface area (Å²) in [4.78, 5) is 38.7. The highest BCUT2D eigenvalue weighted by Gasteiger charge is 2.47. The van der Waals surface area contributed by atoms with Crippen LogP contribution in [-0.2, 0) is 4.79 Å². The molecule has 0 saturated carbocycles. The van der Waals surface area contributed by atoms with Crippen molar-refractivity contribution >= 4 is 23.5 Å². The Hall–Kier alpha value is -2.57. The van der Waals surface area contributed by atoms with Gasteiger partial charge < -0.3 is 10.2 Å². The van der Waals surface area contributed by atoms with Gasteiger partial charge in [0.1, 0.15) is 5.54 Å². The van der Waals surface area contributed by atoms with E-state index in [1.165, 1.54) is 0 Å². The molecule has 2 N–H and O–H groups in total. The van der Waals surface area contributed by atoms with Crippen LogP contribution < -0.4 is 15.6 Å². The van der Waals surface area contributed by atoms with Crippen LogP contribution in [0.5, 0.6) is 0 Å². The number of carbonyl (C=O) groups is 3. The smallest absolute Gasteiger partial charge is 0.344 e. The molecule has 1 aliphatic heterocycles. The summed E-state index contributed by atoms with van der Waals surface area (Å²) in [5.41, 5.74) is 2.81. The highest BCUT2D eigenvalue weighted by molar-refractivity contribution is 6.09. The molecule has 7 heteroatoms. The predicted octanol–water partition coefficient (Wildman–Crippen LogP) is 1.90. The Bertz CT molecular complexity index is 640. The summed E-state index contributed by atoms with van der Waals surface area (Å²) in [5.74, 6) is -0.951. The minimum absolute atomic E-state index is 0.386. The van der Waals surface area contributed by atoms with E-state index in [0.29, 0.717) is 12.0 Å². The summed E-state index contributed by atoms with van der Waals surface area (Å²) >= 11 is 0. The van der Waals surface area contributed by atoms with Crippen molar-refractivity contribution in [1.29, 1.82) is 0 Å². The van der Waals surface area contributed by atoms with E-state index in [0.717, 1.165) is 23.8 Å². The van der Waals surface area contributed by atoms with Gasteiger partial charge in [0, 0.05) is 24.3 Å². The number of benzene rings is 1. The molecule has 1 aromatic carbocycles. The molecule has 1 aliphatic rings. The van der Waals surface area contributed by atoms with Crippen LogP contribution in [-0.4, -0.2) is 41.5 Å². The average Bonchev–Trinajstić information content (AvgIpc) is 2.80. The van der Waals surface area contributed by atoms with Gasteiger partial charge in [0.05, 0.1) is 0 Å². The van der Waals surface area contributed by atoms with Crippen LogP contribution in [0.15, 0.2) is 24.3 Å². The Balaban J connectivity index is 2.10. The first kappa shape index (κ1) is 17.8. The molecule has 1 fully saturated rings. The van der Waals surface area contributed by atoms with E-state index >= 15 is 0 Å². The third kappa shape index (κ3) is 3.20. The van der Waals surface area contributed by atoms with Gasteiger partial charge in [0.25, 0.3) is 11.8 Å². The number of anilines is 1. The summed E-state index contributed by atoms with van der Waals surface area (Å²) in [6.07, 6.45) is 0.447. The topological polar surface area (TPSA) is 81.8 Å². The molecule has 1 saturated heterocycles. The molecule has 4 amide bonds. The molecule has 2 rings (SSSR count). The molecule has 0 radical (unpaired) electrons. The van der Waals surface area contributed by atoms with E-state index in [4.69, 9.17) is 0 Å². The Kier molecular flexibility index (Phi) is 5.11. The maximum absolute atomic E-state index is 12.3. The lowest BCUT2D eigenvalue weighted by Crippen LogP contribution is -2.48. The van der Waals surface area contributed by atoms with Crippen molar-refractivity contribution in [3.63, 3.8) is 0 Å². The fraction of sp³-hybridized carbons (Fsp3) is 0.471. The van der Waals surface area contributed by atoms with Gasteiger partial charge in [0.2, 0.25) is 0 Å². The lowest BCUT2D eigenvalue weighted by Gasteiger charge is -2.21. The molecule has 0 unspecified atom stereocenters. The van der Waals surface area contributed by atoms with Crippen LogP contribution in [0, 0.1) is 0 Å². The van der Waals surface area contributed by atoms with Crippen molar-refractivity contribution in [3.05, 3.63) is 29.8 Å². The van der Waals surface area contributed by atoms with Crippen LogP contribution in [0.25, 0.3) is 0 Å². The second-order valence-electron chi connectivity index (χ2n) is 5.92. The van der Waals surface area contributed by atoms with Crippen LogP contribution in [0.3, 0.4) is 0 Å². The predicted molar refractivity (Wildman–Crippen MR) is 91.5 cm³/mol. The normalized spacial score (nSPS) is 20.1. The molecular weight excluding hydrogens is 308 g/mol. The van der Waals surface area contributed by atoms with Crippen molar-refractivity contribution in [2.45, 2.75) is 39.7 Å². The molecule has 1 atom stereocenters. The molecule has 7 nitrogen and oxygen atoms in total. The maximum atomic E-state index is 12.3. The van der Waals surface area contributed by atoms with Gasteiger partial charge in [0.15, 0.2) is 0 Å². The number of imide groups is 1. The molecular formula is C17H24N4O3. The molecule has 0 aromatic heterocycles. The van der Waals surface area contributed by atoms with Crippen molar-refractivity contribution in [3.8, 4) is 0 Å². The van der Waals surface area contributed by atoms with Gasteiger partial charge in [-0.25, -0.2) is 4.79 Å². The zero-order valence-electron chi connectivity index (χ0n) is 14.5. The Morgan fingerprint density at radius 1 is 1.17 bits per heavy atom. The van der Waals surface area contributed by atoms with Gasteiger partial charge in [-0.3, -0.25) is 15.0 Å². The Morgan fingerprint density at radius 2 is 1.75 bits per heavy atom.